The molecule has 2 aromatic rings. The third-order valence-corrected chi connectivity index (χ3v) is 4.94. The summed E-state index contributed by atoms with van der Waals surface area (Å²) in [5, 5.41) is 12.4. The minimum absolute atomic E-state index is 0.0347. The quantitative estimate of drug-likeness (QED) is 0.783. The van der Waals surface area contributed by atoms with Crippen molar-refractivity contribution < 1.29 is 27.6 Å². The summed E-state index contributed by atoms with van der Waals surface area (Å²) in [5.41, 5.74) is 0.880. The summed E-state index contributed by atoms with van der Waals surface area (Å²) in [6.45, 7) is 1.19. The minimum Gasteiger partial charge on any atom is -0.482 e. The number of hydrogen-bond donors (Lipinski definition) is 2. The minimum atomic E-state index is -3.80. The molecule has 1 aromatic heterocycles. The number of carbonyl (C=O) groups is 1. The molecule has 0 saturated heterocycles. The molecular weight excluding hydrogens is 336 g/mol. The first-order chi connectivity index (χ1) is 11.4. The molecule has 9 heteroatoms. The fourth-order valence-corrected chi connectivity index (χ4v) is 3.32. The number of aryl methyl sites for hydroxylation is 1. The Hall–Kier alpha value is -2.55. The van der Waals surface area contributed by atoms with E-state index in [1.165, 1.54) is 24.3 Å². The lowest BCUT2D eigenvalue weighted by Gasteiger charge is -2.09. The average molecular weight is 352 g/mol. The molecule has 0 amide bonds. The number of sulfonamides is 1. The molecule has 128 valence electrons. The van der Waals surface area contributed by atoms with Crippen molar-refractivity contribution in [2.45, 2.75) is 30.6 Å². The van der Waals surface area contributed by atoms with Gasteiger partial charge in [-0.3, -0.25) is 4.72 Å². The molecule has 24 heavy (non-hydrogen) atoms. The number of carboxylic acid groups (broad SMARTS) is 1. The van der Waals surface area contributed by atoms with Gasteiger partial charge >= 0.3 is 5.97 Å². The molecule has 0 bridgehead atoms. The molecule has 1 heterocycles. The highest BCUT2D eigenvalue weighted by Gasteiger charge is 2.33. The van der Waals surface area contributed by atoms with E-state index in [0.29, 0.717) is 17.1 Å². The third-order valence-electron chi connectivity index (χ3n) is 3.57. The Kier molecular flexibility index (Phi) is 4.18. The Labute approximate surface area is 138 Å². The summed E-state index contributed by atoms with van der Waals surface area (Å²) in [6.07, 6.45) is 1.91. The van der Waals surface area contributed by atoms with Crippen LogP contribution in [0.5, 0.6) is 5.75 Å². The first-order valence-electron chi connectivity index (χ1n) is 7.30. The molecule has 8 nitrogen and oxygen atoms in total. The lowest BCUT2D eigenvalue weighted by molar-refractivity contribution is -0.139. The Morgan fingerprint density at radius 1 is 1.38 bits per heavy atom. The number of anilines is 1. The van der Waals surface area contributed by atoms with Crippen molar-refractivity contribution in [3.63, 3.8) is 0 Å². The summed E-state index contributed by atoms with van der Waals surface area (Å²) in [6, 6.07) is 5.50. The van der Waals surface area contributed by atoms with Crippen LogP contribution in [0.2, 0.25) is 0 Å². The van der Waals surface area contributed by atoms with E-state index in [1.54, 1.807) is 6.92 Å². The van der Waals surface area contributed by atoms with E-state index in [0.717, 1.165) is 12.8 Å². The second-order valence-electron chi connectivity index (χ2n) is 5.54. The van der Waals surface area contributed by atoms with Crippen LogP contribution in [0.15, 0.2) is 33.7 Å². The number of ether oxygens (including phenoxy) is 1. The normalized spacial score (nSPS) is 14.4. The zero-order valence-corrected chi connectivity index (χ0v) is 13.7. The molecule has 1 aliphatic carbocycles. The SMILES string of the molecule is Cc1noc(C2CC2)c1NS(=O)(=O)c1ccc(OCC(=O)O)cc1. The molecule has 0 spiro atoms. The molecule has 1 saturated carbocycles. The summed E-state index contributed by atoms with van der Waals surface area (Å²) >= 11 is 0. The number of nitrogens with zero attached hydrogens (tertiary/aromatic N) is 1. The zero-order chi connectivity index (χ0) is 17.3. The van der Waals surface area contributed by atoms with Gasteiger partial charge in [-0.2, -0.15) is 0 Å². The summed E-state index contributed by atoms with van der Waals surface area (Å²) in [7, 11) is -3.80. The van der Waals surface area contributed by atoms with E-state index in [1.807, 2.05) is 0 Å². The van der Waals surface area contributed by atoms with E-state index in [-0.39, 0.29) is 16.6 Å². The highest BCUT2D eigenvalue weighted by molar-refractivity contribution is 7.92. The highest BCUT2D eigenvalue weighted by atomic mass is 32.2. The molecule has 0 radical (unpaired) electrons. The van der Waals surface area contributed by atoms with Gasteiger partial charge in [-0.05, 0) is 44.0 Å². The predicted octanol–water partition coefficient (Wildman–Crippen LogP) is 2.12. The standard InChI is InChI=1S/C15H16N2O6S/c1-9-14(15(23-16-9)10-2-3-10)17-24(20,21)12-6-4-11(5-7-12)22-8-13(18)19/h4-7,10,17H,2-3,8H2,1H3,(H,18,19). The maximum absolute atomic E-state index is 12.5. The van der Waals surface area contributed by atoms with Crippen molar-refractivity contribution in [1.29, 1.82) is 0 Å². The molecule has 1 aliphatic rings. The van der Waals surface area contributed by atoms with Crippen molar-refractivity contribution in [2.24, 2.45) is 0 Å². The molecule has 0 atom stereocenters. The van der Waals surface area contributed by atoms with Crippen LogP contribution in [-0.4, -0.2) is 31.3 Å². The summed E-state index contributed by atoms with van der Waals surface area (Å²) in [5.74, 6) is -0.0479. The topological polar surface area (TPSA) is 119 Å². The van der Waals surface area contributed by atoms with E-state index in [4.69, 9.17) is 14.4 Å². The molecule has 2 N–H and O–H groups in total. The summed E-state index contributed by atoms with van der Waals surface area (Å²) in [4.78, 5) is 10.5. The van der Waals surface area contributed by atoms with Crippen molar-refractivity contribution in [2.75, 3.05) is 11.3 Å². The van der Waals surface area contributed by atoms with E-state index in [2.05, 4.69) is 9.88 Å². The van der Waals surface area contributed by atoms with Crippen LogP contribution in [0.25, 0.3) is 0 Å². The Bertz CT molecular complexity index is 853. The van der Waals surface area contributed by atoms with E-state index in [9.17, 15) is 13.2 Å². The van der Waals surface area contributed by atoms with Crippen molar-refractivity contribution >= 4 is 21.7 Å². The van der Waals surface area contributed by atoms with Gasteiger partial charge in [-0.1, -0.05) is 5.16 Å². The highest BCUT2D eigenvalue weighted by Crippen LogP contribution is 2.44. The van der Waals surface area contributed by atoms with Gasteiger partial charge in [0.2, 0.25) is 0 Å². The lowest BCUT2D eigenvalue weighted by atomic mass is 10.2. The maximum atomic E-state index is 12.5. The lowest BCUT2D eigenvalue weighted by Crippen LogP contribution is -2.14. The van der Waals surface area contributed by atoms with Gasteiger partial charge in [-0.15, -0.1) is 0 Å². The second kappa shape index (κ2) is 6.16. The first-order valence-corrected chi connectivity index (χ1v) is 8.79. The van der Waals surface area contributed by atoms with Gasteiger partial charge in [0.15, 0.2) is 12.4 Å². The molecule has 1 aromatic carbocycles. The maximum Gasteiger partial charge on any atom is 0.341 e. The molecule has 1 fully saturated rings. The van der Waals surface area contributed by atoms with Gasteiger partial charge in [0, 0.05) is 5.92 Å². The number of aromatic nitrogens is 1. The predicted molar refractivity (Wildman–Crippen MR) is 83.6 cm³/mol. The largest absolute Gasteiger partial charge is 0.482 e. The molecular formula is C15H16N2O6S. The van der Waals surface area contributed by atoms with Gasteiger partial charge in [-0.25, -0.2) is 13.2 Å². The molecule has 0 unspecified atom stereocenters. The van der Waals surface area contributed by atoms with Crippen LogP contribution in [0, 0.1) is 6.92 Å². The molecule has 0 aliphatic heterocycles. The second-order valence-corrected chi connectivity index (χ2v) is 7.22. The number of benzene rings is 1. The van der Waals surface area contributed by atoms with Gasteiger partial charge in [0.1, 0.15) is 17.1 Å². The zero-order valence-electron chi connectivity index (χ0n) is 12.9. The first kappa shape index (κ1) is 16.3. The van der Waals surface area contributed by atoms with E-state index < -0.39 is 22.6 Å². The Balaban J connectivity index is 1.78. The van der Waals surface area contributed by atoms with Gasteiger partial charge in [0.25, 0.3) is 10.0 Å². The summed E-state index contributed by atoms with van der Waals surface area (Å²) < 4.78 is 37.7. The number of carboxylic acids is 1. The van der Waals surface area contributed by atoms with Gasteiger partial charge in [0.05, 0.1) is 4.90 Å². The van der Waals surface area contributed by atoms with Crippen LogP contribution in [-0.2, 0) is 14.8 Å². The van der Waals surface area contributed by atoms with Gasteiger partial charge < -0.3 is 14.4 Å². The number of aliphatic carboxylic acids is 1. The van der Waals surface area contributed by atoms with Crippen molar-refractivity contribution in [1.82, 2.24) is 5.16 Å². The third kappa shape index (κ3) is 3.51. The average Bonchev–Trinajstić information content (AvgIpc) is 3.31. The van der Waals surface area contributed by atoms with Crippen LogP contribution >= 0.6 is 0 Å². The Morgan fingerprint density at radius 2 is 2.04 bits per heavy atom. The number of hydrogen-bond acceptors (Lipinski definition) is 6. The Morgan fingerprint density at radius 3 is 2.62 bits per heavy atom. The van der Waals surface area contributed by atoms with Crippen molar-refractivity contribution in [3.8, 4) is 5.75 Å². The smallest absolute Gasteiger partial charge is 0.341 e. The van der Waals surface area contributed by atoms with Crippen LogP contribution in [0.1, 0.15) is 30.2 Å². The fraction of sp³-hybridized carbons (Fsp3) is 0.333. The monoisotopic (exact) mass is 352 g/mol. The van der Waals surface area contributed by atoms with Crippen LogP contribution in [0.4, 0.5) is 5.69 Å². The molecule has 3 rings (SSSR count). The number of rotatable bonds is 7. The van der Waals surface area contributed by atoms with Crippen molar-refractivity contribution in [3.05, 3.63) is 35.7 Å². The van der Waals surface area contributed by atoms with Crippen LogP contribution < -0.4 is 9.46 Å². The number of nitrogens with one attached hydrogen (secondary N) is 1. The van der Waals surface area contributed by atoms with Crippen LogP contribution in [0.3, 0.4) is 0 Å². The van der Waals surface area contributed by atoms with E-state index >= 15 is 0 Å². The fourth-order valence-electron chi connectivity index (χ4n) is 2.19.